The van der Waals surface area contributed by atoms with Crippen LogP contribution in [0, 0.1) is 0 Å². The summed E-state index contributed by atoms with van der Waals surface area (Å²) >= 11 is 0. The van der Waals surface area contributed by atoms with Crippen molar-refractivity contribution < 1.29 is 4.79 Å². The number of amides is 1. The largest absolute Gasteiger partial charge is 0.307 e. The minimum absolute atomic E-state index is 0.0704. The van der Waals surface area contributed by atoms with Gasteiger partial charge >= 0.3 is 0 Å². The number of aromatic nitrogens is 2. The fraction of sp³-hybridized carbons (Fsp3) is 0.333. The molecule has 1 aliphatic carbocycles. The molecule has 1 aromatic rings. The first-order valence-corrected chi connectivity index (χ1v) is 4.34. The van der Waals surface area contributed by atoms with Crippen LogP contribution in [-0.4, -0.2) is 16.1 Å². The molecular formula is C9H11N3O. The summed E-state index contributed by atoms with van der Waals surface area (Å²) in [5, 5.41) is 9.08. The predicted molar refractivity (Wildman–Crippen MR) is 49.2 cm³/mol. The molecule has 0 atom stereocenters. The van der Waals surface area contributed by atoms with Crippen LogP contribution in [0.25, 0.3) is 0 Å². The number of carbonyl (C=O) groups is 1. The molecule has 0 bridgehead atoms. The third-order valence-corrected chi connectivity index (χ3v) is 2.09. The van der Waals surface area contributed by atoms with E-state index in [1.807, 2.05) is 0 Å². The first kappa shape index (κ1) is 8.04. The van der Waals surface area contributed by atoms with Crippen LogP contribution in [0.2, 0.25) is 0 Å². The van der Waals surface area contributed by atoms with Crippen LogP contribution >= 0.6 is 0 Å². The summed E-state index contributed by atoms with van der Waals surface area (Å²) in [5.74, 6) is 0.570. The second kappa shape index (κ2) is 3.43. The maximum absolute atomic E-state index is 11.3. The zero-order valence-electron chi connectivity index (χ0n) is 7.21. The molecule has 1 amide bonds. The summed E-state index contributed by atoms with van der Waals surface area (Å²) in [6.45, 7) is 0. The van der Waals surface area contributed by atoms with Crippen molar-refractivity contribution >= 4 is 11.7 Å². The number of nitrogens with one attached hydrogen (secondary N) is 2. The van der Waals surface area contributed by atoms with E-state index in [0.29, 0.717) is 5.82 Å². The van der Waals surface area contributed by atoms with E-state index >= 15 is 0 Å². The van der Waals surface area contributed by atoms with Gasteiger partial charge in [-0.3, -0.25) is 9.89 Å². The second-order valence-corrected chi connectivity index (χ2v) is 3.12. The number of nitrogens with zero attached hydrogens (tertiary/aromatic N) is 1. The molecule has 68 valence electrons. The van der Waals surface area contributed by atoms with Gasteiger partial charge in [-0.15, -0.1) is 0 Å². The van der Waals surface area contributed by atoms with Crippen LogP contribution in [0.15, 0.2) is 23.9 Å². The van der Waals surface area contributed by atoms with Crippen LogP contribution in [0.3, 0.4) is 0 Å². The Kier molecular flexibility index (Phi) is 2.12. The van der Waals surface area contributed by atoms with Crippen molar-refractivity contribution in [2.24, 2.45) is 0 Å². The highest BCUT2D eigenvalue weighted by Crippen LogP contribution is 2.24. The summed E-state index contributed by atoms with van der Waals surface area (Å²) < 4.78 is 0. The fourth-order valence-electron chi connectivity index (χ4n) is 1.20. The van der Waals surface area contributed by atoms with Crippen molar-refractivity contribution in [3.8, 4) is 0 Å². The molecule has 1 aromatic heterocycles. The Balaban J connectivity index is 1.92. The Morgan fingerprint density at radius 3 is 3.00 bits per heavy atom. The maximum atomic E-state index is 11.3. The zero-order chi connectivity index (χ0) is 9.10. The Hall–Kier alpha value is -1.58. The van der Waals surface area contributed by atoms with Crippen LogP contribution in [-0.2, 0) is 4.79 Å². The lowest BCUT2D eigenvalue weighted by atomic mass is 9.92. The van der Waals surface area contributed by atoms with Crippen LogP contribution in [0.1, 0.15) is 19.3 Å². The number of H-pyrrole nitrogens is 1. The number of carbonyl (C=O) groups excluding carboxylic acids is 1. The highest BCUT2D eigenvalue weighted by atomic mass is 16.1. The summed E-state index contributed by atoms with van der Waals surface area (Å²) in [5.41, 5.74) is 1.23. The fourth-order valence-corrected chi connectivity index (χ4v) is 1.20. The average molecular weight is 177 g/mol. The van der Waals surface area contributed by atoms with Gasteiger partial charge in [-0.05, 0) is 19.3 Å². The van der Waals surface area contributed by atoms with Gasteiger partial charge in [-0.2, -0.15) is 5.10 Å². The summed E-state index contributed by atoms with van der Waals surface area (Å²) in [4.78, 5) is 11.3. The number of hydrogen-bond donors (Lipinski definition) is 2. The standard InChI is InChI=1S/C9H11N3O/c13-9(6-7-2-1-3-7)11-8-4-5-10-12-8/h4-6H,1-3H2,(H2,10,11,12,13). The molecule has 13 heavy (non-hydrogen) atoms. The lowest BCUT2D eigenvalue weighted by Crippen LogP contribution is -2.11. The quantitative estimate of drug-likeness (QED) is 0.672. The van der Waals surface area contributed by atoms with Gasteiger partial charge in [0.25, 0.3) is 0 Å². The zero-order valence-corrected chi connectivity index (χ0v) is 7.21. The van der Waals surface area contributed by atoms with E-state index in [4.69, 9.17) is 0 Å². The topological polar surface area (TPSA) is 57.8 Å². The highest BCUT2D eigenvalue weighted by Gasteiger charge is 2.10. The van der Waals surface area contributed by atoms with E-state index in [9.17, 15) is 4.79 Å². The Morgan fingerprint density at radius 1 is 1.62 bits per heavy atom. The monoisotopic (exact) mass is 177 g/mol. The number of rotatable bonds is 2. The van der Waals surface area contributed by atoms with Gasteiger partial charge < -0.3 is 5.32 Å². The summed E-state index contributed by atoms with van der Waals surface area (Å²) in [7, 11) is 0. The van der Waals surface area contributed by atoms with Gasteiger partial charge in [0.05, 0.1) is 6.20 Å². The second-order valence-electron chi connectivity index (χ2n) is 3.12. The van der Waals surface area contributed by atoms with E-state index in [2.05, 4.69) is 15.5 Å². The molecule has 2 rings (SSSR count). The molecule has 1 saturated carbocycles. The van der Waals surface area contributed by atoms with Crippen molar-refractivity contribution in [1.29, 1.82) is 0 Å². The molecule has 0 saturated heterocycles. The first-order valence-electron chi connectivity index (χ1n) is 4.34. The molecule has 0 unspecified atom stereocenters. The van der Waals surface area contributed by atoms with Crippen molar-refractivity contribution in [2.45, 2.75) is 19.3 Å². The molecule has 4 nitrogen and oxygen atoms in total. The minimum atomic E-state index is -0.0704. The van der Waals surface area contributed by atoms with Crippen molar-refractivity contribution in [3.63, 3.8) is 0 Å². The lowest BCUT2D eigenvalue weighted by molar-refractivity contribution is -0.112. The molecule has 1 heterocycles. The van der Waals surface area contributed by atoms with E-state index in [1.54, 1.807) is 18.3 Å². The molecule has 0 spiro atoms. The molecular weight excluding hydrogens is 166 g/mol. The third-order valence-electron chi connectivity index (χ3n) is 2.09. The molecule has 0 aromatic carbocycles. The van der Waals surface area contributed by atoms with Crippen LogP contribution in [0.4, 0.5) is 5.82 Å². The van der Waals surface area contributed by atoms with Crippen molar-refractivity contribution in [1.82, 2.24) is 10.2 Å². The van der Waals surface area contributed by atoms with Crippen molar-refractivity contribution in [3.05, 3.63) is 23.9 Å². The van der Waals surface area contributed by atoms with E-state index in [1.165, 1.54) is 12.0 Å². The Bertz CT molecular complexity index is 321. The van der Waals surface area contributed by atoms with E-state index < -0.39 is 0 Å². The van der Waals surface area contributed by atoms with Gasteiger partial charge in [0.2, 0.25) is 5.91 Å². The molecule has 0 radical (unpaired) electrons. The van der Waals surface area contributed by atoms with E-state index in [0.717, 1.165) is 12.8 Å². The Labute approximate surface area is 76.0 Å². The molecule has 0 aliphatic heterocycles. The van der Waals surface area contributed by atoms with Gasteiger partial charge in [0.15, 0.2) is 0 Å². The third kappa shape index (κ3) is 1.96. The predicted octanol–water partition coefficient (Wildman–Crippen LogP) is 1.46. The first-order chi connectivity index (χ1) is 6.34. The summed E-state index contributed by atoms with van der Waals surface area (Å²) in [6.07, 6.45) is 6.62. The smallest absolute Gasteiger partial charge is 0.249 e. The lowest BCUT2D eigenvalue weighted by Gasteiger charge is -2.15. The van der Waals surface area contributed by atoms with Crippen LogP contribution < -0.4 is 5.32 Å². The number of allylic oxidation sites excluding steroid dienone is 1. The van der Waals surface area contributed by atoms with Gasteiger partial charge in [-0.1, -0.05) is 5.57 Å². The minimum Gasteiger partial charge on any atom is -0.307 e. The van der Waals surface area contributed by atoms with Crippen LogP contribution in [0.5, 0.6) is 0 Å². The van der Waals surface area contributed by atoms with Gasteiger partial charge in [0.1, 0.15) is 5.82 Å². The molecule has 4 heteroatoms. The number of hydrogen-bond acceptors (Lipinski definition) is 2. The highest BCUT2D eigenvalue weighted by molar-refractivity contribution is 5.99. The van der Waals surface area contributed by atoms with Gasteiger partial charge in [0, 0.05) is 12.1 Å². The maximum Gasteiger partial charge on any atom is 0.249 e. The van der Waals surface area contributed by atoms with Crippen molar-refractivity contribution in [2.75, 3.05) is 5.32 Å². The number of anilines is 1. The Morgan fingerprint density at radius 2 is 2.46 bits per heavy atom. The molecule has 1 fully saturated rings. The normalized spacial score (nSPS) is 14.9. The van der Waals surface area contributed by atoms with E-state index in [-0.39, 0.29) is 5.91 Å². The number of aromatic amines is 1. The SMILES string of the molecule is O=C(C=C1CCC1)Nc1ccn[nH]1. The molecule has 2 N–H and O–H groups in total. The van der Waals surface area contributed by atoms with Gasteiger partial charge in [-0.25, -0.2) is 0 Å². The average Bonchev–Trinajstić information content (AvgIpc) is 2.49. The molecule has 1 aliphatic rings. The summed E-state index contributed by atoms with van der Waals surface area (Å²) in [6, 6.07) is 1.72.